The van der Waals surface area contributed by atoms with Gasteiger partial charge in [-0.3, -0.25) is 13.8 Å². The monoisotopic (exact) mass is 760 g/mol. The van der Waals surface area contributed by atoms with Crippen LogP contribution in [0.1, 0.15) is 226 Å². The maximum absolute atomic E-state index is 12.4. The Balaban J connectivity index is 4.01. The van der Waals surface area contributed by atoms with E-state index in [9.17, 15) is 14.3 Å². The Hall–Kier alpha value is -0.920. The van der Waals surface area contributed by atoms with Crippen molar-refractivity contribution in [1.29, 1.82) is 0 Å². The first kappa shape index (κ1) is 51.1. The number of allylic oxidation sites excluding steroid dienone is 1. The molecule has 3 N–H and O–H groups in total. The second-order valence-corrected chi connectivity index (χ2v) is 16.4. The van der Waals surface area contributed by atoms with Gasteiger partial charge < -0.3 is 20.1 Å². The molecule has 52 heavy (non-hydrogen) atoms. The molecule has 0 bridgehead atoms. The van der Waals surface area contributed by atoms with Crippen LogP contribution in [0.25, 0.3) is 0 Å². The van der Waals surface area contributed by atoms with E-state index < -0.39 is 13.9 Å². The van der Waals surface area contributed by atoms with Crippen molar-refractivity contribution in [1.82, 2.24) is 0 Å². The van der Waals surface area contributed by atoms with Gasteiger partial charge in [-0.25, -0.2) is 4.57 Å². The van der Waals surface area contributed by atoms with Gasteiger partial charge >= 0.3 is 13.8 Å². The summed E-state index contributed by atoms with van der Waals surface area (Å²) in [5.74, 6) is -0.285. The van der Waals surface area contributed by atoms with Crippen molar-refractivity contribution in [2.24, 2.45) is 5.73 Å². The number of ether oxygens (including phenoxy) is 2. The highest BCUT2D eigenvalue weighted by Crippen LogP contribution is 2.43. The Morgan fingerprint density at radius 1 is 0.577 bits per heavy atom. The number of unbranched alkanes of at least 4 members (excludes halogenated alkanes) is 30. The van der Waals surface area contributed by atoms with Crippen molar-refractivity contribution >= 4 is 13.8 Å². The van der Waals surface area contributed by atoms with Gasteiger partial charge in [0, 0.05) is 13.0 Å². The van der Waals surface area contributed by atoms with Crippen LogP contribution in [0.15, 0.2) is 12.3 Å². The van der Waals surface area contributed by atoms with Crippen LogP contribution in [0.2, 0.25) is 0 Å². The first-order valence-corrected chi connectivity index (χ1v) is 23.7. The maximum Gasteiger partial charge on any atom is 0.472 e. The van der Waals surface area contributed by atoms with Gasteiger partial charge in [0.05, 0.1) is 19.5 Å². The van der Waals surface area contributed by atoms with Gasteiger partial charge in [-0.2, -0.15) is 0 Å². The summed E-state index contributed by atoms with van der Waals surface area (Å²) < 4.78 is 33.2. The molecule has 0 heterocycles. The Labute approximate surface area is 322 Å². The Morgan fingerprint density at radius 3 is 1.37 bits per heavy atom. The van der Waals surface area contributed by atoms with Gasteiger partial charge in [-0.15, -0.1) is 0 Å². The number of carbonyl (C=O) groups is 1. The maximum atomic E-state index is 12.4. The summed E-state index contributed by atoms with van der Waals surface area (Å²) >= 11 is 0. The minimum Gasteiger partial charge on any atom is -0.492 e. The third-order valence-electron chi connectivity index (χ3n) is 9.80. The van der Waals surface area contributed by atoms with E-state index in [0.717, 1.165) is 32.1 Å². The van der Waals surface area contributed by atoms with Crippen molar-refractivity contribution in [3.63, 3.8) is 0 Å². The van der Waals surface area contributed by atoms with Crippen LogP contribution in [0.5, 0.6) is 0 Å². The van der Waals surface area contributed by atoms with Gasteiger partial charge in [0.2, 0.25) is 0 Å². The van der Waals surface area contributed by atoms with Gasteiger partial charge in [0.25, 0.3) is 0 Å². The summed E-state index contributed by atoms with van der Waals surface area (Å²) in [6, 6.07) is 0. The minimum atomic E-state index is -4.26. The summed E-state index contributed by atoms with van der Waals surface area (Å²) in [5.41, 5.74) is 5.37. The van der Waals surface area contributed by atoms with Crippen LogP contribution < -0.4 is 5.73 Å². The molecule has 0 aromatic rings. The Morgan fingerprint density at radius 2 is 0.962 bits per heavy atom. The van der Waals surface area contributed by atoms with Crippen LogP contribution >= 0.6 is 7.82 Å². The van der Waals surface area contributed by atoms with Crippen molar-refractivity contribution in [3.8, 4) is 0 Å². The molecule has 0 aliphatic carbocycles. The van der Waals surface area contributed by atoms with Crippen LogP contribution in [0.4, 0.5) is 0 Å². The SMILES string of the molecule is CCCCCCCCCCCCCCCCC=COC(COC(=O)CCCCCCCCCCCCCCCCCCC)COP(=O)(O)OCCN. The second kappa shape index (κ2) is 41.2. The molecule has 2 atom stereocenters. The molecule has 310 valence electrons. The normalized spacial score (nSPS) is 13.5. The van der Waals surface area contributed by atoms with E-state index in [2.05, 4.69) is 13.8 Å². The predicted octanol–water partition coefficient (Wildman–Crippen LogP) is 13.4. The number of phosphoric ester groups is 1. The highest BCUT2D eigenvalue weighted by Gasteiger charge is 2.24. The number of hydrogen-bond donors (Lipinski definition) is 2. The average molecular weight is 760 g/mol. The summed E-state index contributed by atoms with van der Waals surface area (Å²) in [7, 11) is -4.26. The first-order chi connectivity index (χ1) is 25.4. The molecule has 9 heteroatoms. The number of nitrogens with two attached hydrogens (primary N) is 1. The van der Waals surface area contributed by atoms with E-state index in [4.69, 9.17) is 24.3 Å². The number of rotatable bonds is 43. The standard InChI is InChI=1S/C43H86NO7P/c1-3-5-7-9-11-13-15-17-19-21-22-24-26-28-30-32-34-36-43(45)49-40-42(41-51-52(46,47)50-39-37-44)48-38-35-33-31-29-27-25-23-20-18-16-14-12-10-8-6-4-2/h35,38,42H,3-34,36-37,39-41,44H2,1-2H3,(H,46,47). The van der Waals surface area contributed by atoms with E-state index in [-0.39, 0.29) is 32.3 Å². The molecule has 0 saturated carbocycles. The molecule has 0 amide bonds. The van der Waals surface area contributed by atoms with E-state index in [1.807, 2.05) is 6.08 Å². The summed E-state index contributed by atoms with van der Waals surface area (Å²) in [6.45, 7) is 4.26. The second-order valence-electron chi connectivity index (χ2n) is 15.0. The fourth-order valence-electron chi connectivity index (χ4n) is 6.45. The summed E-state index contributed by atoms with van der Waals surface area (Å²) in [4.78, 5) is 22.3. The molecule has 0 fully saturated rings. The van der Waals surface area contributed by atoms with Crippen molar-refractivity contribution in [3.05, 3.63) is 12.3 Å². The van der Waals surface area contributed by atoms with E-state index >= 15 is 0 Å². The molecule has 0 aromatic heterocycles. The zero-order valence-corrected chi connectivity index (χ0v) is 35.2. The van der Waals surface area contributed by atoms with Crippen molar-refractivity contribution in [2.45, 2.75) is 232 Å². The lowest BCUT2D eigenvalue weighted by Crippen LogP contribution is -2.25. The molecule has 2 unspecified atom stereocenters. The van der Waals surface area contributed by atoms with Crippen LogP contribution in [0.3, 0.4) is 0 Å². The molecule has 0 spiro atoms. The first-order valence-electron chi connectivity index (χ1n) is 22.2. The summed E-state index contributed by atoms with van der Waals surface area (Å²) in [6.07, 6.45) is 44.7. The molecule has 0 radical (unpaired) electrons. The zero-order chi connectivity index (χ0) is 38.1. The quantitative estimate of drug-likeness (QED) is 0.0273. The molecule has 8 nitrogen and oxygen atoms in total. The van der Waals surface area contributed by atoms with Gasteiger partial charge in [-0.1, -0.05) is 200 Å². The Bertz CT molecular complexity index is 812. The van der Waals surface area contributed by atoms with E-state index in [1.54, 1.807) is 6.26 Å². The highest BCUT2D eigenvalue weighted by molar-refractivity contribution is 7.47. The van der Waals surface area contributed by atoms with Crippen LogP contribution in [-0.4, -0.2) is 43.3 Å². The van der Waals surface area contributed by atoms with Crippen LogP contribution in [-0.2, 0) is 27.9 Å². The number of carbonyl (C=O) groups excluding carboxylic acids is 1. The lowest BCUT2D eigenvalue weighted by atomic mass is 10.0. The third kappa shape index (κ3) is 40.3. The highest BCUT2D eigenvalue weighted by atomic mass is 31.2. The predicted molar refractivity (Wildman–Crippen MR) is 219 cm³/mol. The molecule has 0 rings (SSSR count). The molecule has 0 aliphatic rings. The fourth-order valence-corrected chi connectivity index (χ4v) is 7.22. The Kier molecular flexibility index (Phi) is 40.5. The molecular formula is C43H86NO7P. The van der Waals surface area contributed by atoms with Crippen LogP contribution in [0, 0.1) is 0 Å². The lowest BCUT2D eigenvalue weighted by molar-refractivity contribution is -0.147. The lowest BCUT2D eigenvalue weighted by Gasteiger charge is -2.19. The van der Waals surface area contributed by atoms with Crippen molar-refractivity contribution in [2.75, 3.05) is 26.4 Å². The minimum absolute atomic E-state index is 0.0577. The number of hydrogen-bond acceptors (Lipinski definition) is 7. The molecule has 0 aromatic carbocycles. The van der Waals surface area contributed by atoms with E-state index in [1.165, 1.54) is 173 Å². The summed E-state index contributed by atoms with van der Waals surface area (Å²) in [5, 5.41) is 0. The van der Waals surface area contributed by atoms with Crippen molar-refractivity contribution < 1.29 is 32.8 Å². The third-order valence-corrected chi connectivity index (χ3v) is 10.8. The molecular weight excluding hydrogens is 673 g/mol. The fraction of sp³-hybridized carbons (Fsp3) is 0.930. The molecule has 0 aliphatic heterocycles. The van der Waals surface area contributed by atoms with Gasteiger partial charge in [-0.05, 0) is 25.3 Å². The smallest absolute Gasteiger partial charge is 0.472 e. The average Bonchev–Trinajstić information content (AvgIpc) is 3.14. The number of esters is 1. The largest absolute Gasteiger partial charge is 0.492 e. The van der Waals surface area contributed by atoms with E-state index in [0.29, 0.717) is 6.42 Å². The van der Waals surface area contributed by atoms with Gasteiger partial charge in [0.15, 0.2) is 6.10 Å². The number of phosphoric acid groups is 1. The topological polar surface area (TPSA) is 117 Å². The zero-order valence-electron chi connectivity index (χ0n) is 34.3. The van der Waals surface area contributed by atoms with Gasteiger partial charge in [0.1, 0.15) is 6.61 Å². The molecule has 0 saturated heterocycles.